The minimum Gasteiger partial charge on any atom is -0.390 e. The number of nitrogens with zero attached hydrogens (tertiary/aromatic N) is 2. The van der Waals surface area contributed by atoms with E-state index >= 15 is 0 Å². The Morgan fingerprint density at radius 2 is 2.00 bits per heavy atom. The third-order valence-electron chi connectivity index (χ3n) is 3.65. The molecule has 0 bridgehead atoms. The SMILES string of the molecule is CCOC(CC)C(O)Cc1nn(CC)c2ccccc12. The summed E-state index contributed by atoms with van der Waals surface area (Å²) in [5, 5.41) is 16.1. The summed E-state index contributed by atoms with van der Waals surface area (Å²) in [5.41, 5.74) is 2.08. The van der Waals surface area contributed by atoms with Crippen LogP contribution in [0.25, 0.3) is 10.9 Å². The van der Waals surface area contributed by atoms with Gasteiger partial charge in [0.05, 0.1) is 23.4 Å². The summed E-state index contributed by atoms with van der Waals surface area (Å²) in [5.74, 6) is 0. The van der Waals surface area contributed by atoms with Gasteiger partial charge in [-0.25, -0.2) is 0 Å². The van der Waals surface area contributed by atoms with E-state index in [1.807, 2.05) is 30.7 Å². The molecule has 0 saturated heterocycles. The first-order valence-electron chi connectivity index (χ1n) is 7.45. The largest absolute Gasteiger partial charge is 0.390 e. The van der Waals surface area contributed by atoms with Gasteiger partial charge in [-0.2, -0.15) is 5.10 Å². The Bertz CT molecular complexity index is 550. The van der Waals surface area contributed by atoms with Gasteiger partial charge in [0.25, 0.3) is 0 Å². The Kier molecular flexibility index (Phi) is 5.15. The lowest BCUT2D eigenvalue weighted by Crippen LogP contribution is -2.30. The summed E-state index contributed by atoms with van der Waals surface area (Å²) in [4.78, 5) is 0. The van der Waals surface area contributed by atoms with Crippen molar-refractivity contribution >= 4 is 10.9 Å². The van der Waals surface area contributed by atoms with E-state index in [0.29, 0.717) is 13.0 Å². The van der Waals surface area contributed by atoms with Crippen LogP contribution in [0.4, 0.5) is 0 Å². The van der Waals surface area contributed by atoms with E-state index in [1.54, 1.807) is 0 Å². The van der Waals surface area contributed by atoms with Crippen molar-refractivity contribution in [3.8, 4) is 0 Å². The maximum absolute atomic E-state index is 10.4. The fraction of sp³-hybridized carbons (Fsp3) is 0.562. The van der Waals surface area contributed by atoms with Gasteiger partial charge in [-0.3, -0.25) is 4.68 Å². The van der Waals surface area contributed by atoms with Gasteiger partial charge < -0.3 is 9.84 Å². The first-order valence-corrected chi connectivity index (χ1v) is 7.45. The second-order valence-electron chi connectivity index (χ2n) is 4.95. The highest BCUT2D eigenvalue weighted by molar-refractivity contribution is 5.82. The molecule has 2 atom stereocenters. The highest BCUT2D eigenvalue weighted by Crippen LogP contribution is 2.21. The molecule has 0 aliphatic heterocycles. The Morgan fingerprint density at radius 3 is 2.65 bits per heavy atom. The van der Waals surface area contributed by atoms with Crippen molar-refractivity contribution in [2.45, 2.75) is 52.4 Å². The van der Waals surface area contributed by atoms with Crippen LogP contribution >= 0.6 is 0 Å². The molecule has 1 aromatic carbocycles. The summed E-state index contributed by atoms with van der Waals surface area (Å²) >= 11 is 0. The summed E-state index contributed by atoms with van der Waals surface area (Å²) in [6.45, 7) is 7.52. The fourth-order valence-corrected chi connectivity index (χ4v) is 2.63. The van der Waals surface area contributed by atoms with Crippen molar-refractivity contribution < 1.29 is 9.84 Å². The lowest BCUT2D eigenvalue weighted by molar-refractivity contribution is -0.0337. The quantitative estimate of drug-likeness (QED) is 0.846. The molecule has 1 N–H and O–H groups in total. The lowest BCUT2D eigenvalue weighted by atomic mass is 10.0. The Labute approximate surface area is 120 Å². The normalized spacial score (nSPS) is 14.6. The van der Waals surface area contributed by atoms with Gasteiger partial charge in [-0.05, 0) is 26.3 Å². The number of hydrogen-bond donors (Lipinski definition) is 1. The predicted molar refractivity (Wildman–Crippen MR) is 80.8 cm³/mol. The van der Waals surface area contributed by atoms with Crippen molar-refractivity contribution in [3.63, 3.8) is 0 Å². The molecule has 0 amide bonds. The summed E-state index contributed by atoms with van der Waals surface area (Å²) in [7, 11) is 0. The summed E-state index contributed by atoms with van der Waals surface area (Å²) in [6, 6.07) is 8.17. The zero-order valence-corrected chi connectivity index (χ0v) is 12.5. The summed E-state index contributed by atoms with van der Waals surface area (Å²) in [6.07, 6.45) is 0.710. The number of aryl methyl sites for hydroxylation is 1. The maximum Gasteiger partial charge on any atom is 0.0857 e. The van der Waals surface area contributed by atoms with E-state index in [0.717, 1.165) is 29.6 Å². The number of fused-ring (bicyclic) bond motifs is 1. The number of aliphatic hydroxyl groups excluding tert-OH is 1. The van der Waals surface area contributed by atoms with Gasteiger partial charge in [0, 0.05) is 25.0 Å². The maximum atomic E-state index is 10.4. The third kappa shape index (κ3) is 3.02. The molecule has 20 heavy (non-hydrogen) atoms. The average molecular weight is 276 g/mol. The first kappa shape index (κ1) is 15.0. The van der Waals surface area contributed by atoms with Crippen LogP contribution in [-0.2, 0) is 17.7 Å². The fourth-order valence-electron chi connectivity index (χ4n) is 2.63. The van der Waals surface area contributed by atoms with Crippen LogP contribution < -0.4 is 0 Å². The Balaban J connectivity index is 2.25. The molecule has 2 aromatic rings. The summed E-state index contributed by atoms with van der Waals surface area (Å²) < 4.78 is 7.57. The van der Waals surface area contributed by atoms with Crippen molar-refractivity contribution in [1.82, 2.24) is 9.78 Å². The molecule has 0 aliphatic rings. The van der Waals surface area contributed by atoms with Crippen molar-refractivity contribution in [3.05, 3.63) is 30.0 Å². The second kappa shape index (κ2) is 6.86. The zero-order valence-electron chi connectivity index (χ0n) is 12.5. The van der Waals surface area contributed by atoms with Gasteiger partial charge in [0.1, 0.15) is 0 Å². The van der Waals surface area contributed by atoms with Gasteiger partial charge in [0.2, 0.25) is 0 Å². The monoisotopic (exact) mass is 276 g/mol. The minimum atomic E-state index is -0.511. The highest BCUT2D eigenvalue weighted by atomic mass is 16.5. The second-order valence-corrected chi connectivity index (χ2v) is 4.95. The average Bonchev–Trinajstić information content (AvgIpc) is 2.83. The van der Waals surface area contributed by atoms with Crippen LogP contribution in [0.2, 0.25) is 0 Å². The molecule has 1 aromatic heterocycles. The Hall–Kier alpha value is -1.39. The molecule has 0 fully saturated rings. The van der Waals surface area contributed by atoms with Crippen LogP contribution in [-0.4, -0.2) is 33.7 Å². The molecule has 0 radical (unpaired) electrons. The third-order valence-corrected chi connectivity index (χ3v) is 3.65. The highest BCUT2D eigenvalue weighted by Gasteiger charge is 2.21. The number of aliphatic hydroxyl groups is 1. The van der Waals surface area contributed by atoms with E-state index in [9.17, 15) is 5.11 Å². The number of hydrogen-bond acceptors (Lipinski definition) is 3. The molecular formula is C16H24N2O2. The minimum absolute atomic E-state index is 0.120. The smallest absolute Gasteiger partial charge is 0.0857 e. The standard InChI is InChI=1S/C16H24N2O2/c1-4-16(20-6-3)15(19)11-13-12-9-7-8-10-14(12)18(5-2)17-13/h7-10,15-16,19H,4-6,11H2,1-3H3. The molecule has 4 nitrogen and oxygen atoms in total. The number of para-hydroxylation sites is 1. The van der Waals surface area contributed by atoms with E-state index < -0.39 is 6.10 Å². The van der Waals surface area contributed by atoms with E-state index in [2.05, 4.69) is 24.2 Å². The molecule has 0 spiro atoms. The zero-order chi connectivity index (χ0) is 14.5. The lowest BCUT2D eigenvalue weighted by Gasteiger charge is -2.20. The van der Waals surface area contributed by atoms with Crippen molar-refractivity contribution in [1.29, 1.82) is 0 Å². The number of ether oxygens (including phenoxy) is 1. The topological polar surface area (TPSA) is 47.3 Å². The first-order chi connectivity index (χ1) is 9.71. The molecule has 110 valence electrons. The van der Waals surface area contributed by atoms with Crippen molar-refractivity contribution in [2.75, 3.05) is 6.61 Å². The number of aromatic nitrogens is 2. The molecule has 0 saturated carbocycles. The van der Waals surface area contributed by atoms with Crippen molar-refractivity contribution in [2.24, 2.45) is 0 Å². The van der Waals surface area contributed by atoms with E-state index in [4.69, 9.17) is 4.74 Å². The van der Waals surface area contributed by atoms with Crippen LogP contribution in [0.3, 0.4) is 0 Å². The van der Waals surface area contributed by atoms with Gasteiger partial charge in [0.15, 0.2) is 0 Å². The molecule has 0 aliphatic carbocycles. The number of benzene rings is 1. The molecule has 1 heterocycles. The van der Waals surface area contributed by atoms with Crippen LogP contribution in [0.15, 0.2) is 24.3 Å². The number of rotatable bonds is 7. The Morgan fingerprint density at radius 1 is 1.25 bits per heavy atom. The van der Waals surface area contributed by atoms with E-state index in [1.165, 1.54) is 0 Å². The van der Waals surface area contributed by atoms with E-state index in [-0.39, 0.29) is 6.10 Å². The van der Waals surface area contributed by atoms with Crippen LogP contribution in [0, 0.1) is 0 Å². The predicted octanol–water partition coefficient (Wildman–Crippen LogP) is 2.77. The van der Waals surface area contributed by atoms with Gasteiger partial charge in [-0.1, -0.05) is 25.1 Å². The van der Waals surface area contributed by atoms with Gasteiger partial charge in [-0.15, -0.1) is 0 Å². The molecule has 2 unspecified atom stereocenters. The molecule has 4 heteroatoms. The van der Waals surface area contributed by atoms with Crippen LogP contribution in [0.1, 0.15) is 32.9 Å². The van der Waals surface area contributed by atoms with Gasteiger partial charge >= 0.3 is 0 Å². The molecule has 2 rings (SSSR count). The molecular weight excluding hydrogens is 252 g/mol. The van der Waals surface area contributed by atoms with Crippen LogP contribution in [0.5, 0.6) is 0 Å².